The lowest BCUT2D eigenvalue weighted by Crippen LogP contribution is -2.68. The molecule has 0 bridgehead atoms. The van der Waals surface area contributed by atoms with Crippen molar-refractivity contribution in [3.63, 3.8) is 0 Å². The number of rotatable bonds is 6. The van der Waals surface area contributed by atoms with Gasteiger partial charge in [-0.2, -0.15) is 0 Å². The van der Waals surface area contributed by atoms with Gasteiger partial charge in [0.15, 0.2) is 0 Å². The molecule has 1 heterocycles. The number of hydrogen-bond acceptors (Lipinski definition) is 2. The molecule has 0 saturated carbocycles. The minimum absolute atomic E-state index is 0.00371. The number of amides is 2. The molecule has 1 atom stereocenters. The maximum absolute atomic E-state index is 12.5. The van der Waals surface area contributed by atoms with E-state index in [0.717, 1.165) is 25.7 Å². The minimum Gasteiger partial charge on any atom is -0.340 e. The van der Waals surface area contributed by atoms with Crippen LogP contribution in [0, 0.1) is 5.92 Å². The van der Waals surface area contributed by atoms with Crippen LogP contribution in [0.2, 0.25) is 0 Å². The molecular weight excluding hydrogens is 240 g/mol. The summed E-state index contributed by atoms with van der Waals surface area (Å²) in [6.07, 6.45) is 3.71. The summed E-state index contributed by atoms with van der Waals surface area (Å²) in [5.74, 6) is 0.677. The van der Waals surface area contributed by atoms with Gasteiger partial charge in [-0.05, 0) is 39.0 Å². The first-order chi connectivity index (χ1) is 8.79. The molecule has 1 rings (SSSR count). The van der Waals surface area contributed by atoms with Crippen molar-refractivity contribution in [3.8, 4) is 0 Å². The van der Waals surface area contributed by atoms with Gasteiger partial charge in [-0.15, -0.1) is 0 Å². The Morgan fingerprint density at radius 2 is 1.95 bits per heavy atom. The second kappa shape index (κ2) is 6.40. The van der Waals surface area contributed by atoms with Crippen LogP contribution in [0.1, 0.15) is 60.3 Å². The van der Waals surface area contributed by atoms with Crippen LogP contribution in [0.3, 0.4) is 0 Å². The summed E-state index contributed by atoms with van der Waals surface area (Å²) >= 11 is 0. The van der Waals surface area contributed by atoms with Crippen molar-refractivity contribution in [1.82, 2.24) is 10.2 Å². The van der Waals surface area contributed by atoms with E-state index in [-0.39, 0.29) is 17.9 Å². The Bertz CT molecular complexity index is 337. The Hall–Kier alpha value is -1.06. The molecule has 0 aliphatic carbocycles. The molecule has 1 fully saturated rings. The highest BCUT2D eigenvalue weighted by molar-refractivity contribution is 5.99. The molecule has 0 aromatic rings. The van der Waals surface area contributed by atoms with Crippen LogP contribution in [-0.2, 0) is 9.59 Å². The second-order valence-electron chi connectivity index (χ2n) is 6.45. The van der Waals surface area contributed by atoms with E-state index in [1.807, 2.05) is 6.92 Å². The molecule has 1 aliphatic heterocycles. The zero-order valence-electron chi connectivity index (χ0n) is 13.0. The largest absolute Gasteiger partial charge is 0.340 e. The van der Waals surface area contributed by atoms with E-state index in [2.05, 4.69) is 19.2 Å². The summed E-state index contributed by atoms with van der Waals surface area (Å²) in [5.41, 5.74) is -0.765. The van der Waals surface area contributed by atoms with Crippen molar-refractivity contribution in [3.05, 3.63) is 0 Å². The number of nitrogens with zero attached hydrogens (tertiary/aromatic N) is 1. The number of hydrogen-bond donors (Lipinski definition) is 1. The van der Waals surface area contributed by atoms with Crippen LogP contribution >= 0.6 is 0 Å². The van der Waals surface area contributed by atoms with Crippen LogP contribution in [0.4, 0.5) is 0 Å². The lowest BCUT2D eigenvalue weighted by atomic mass is 9.94. The Morgan fingerprint density at radius 3 is 2.47 bits per heavy atom. The molecule has 0 radical (unpaired) electrons. The molecular formula is C15H28N2O2. The lowest BCUT2D eigenvalue weighted by Gasteiger charge is -2.43. The predicted octanol–water partition coefficient (Wildman–Crippen LogP) is 2.33. The van der Waals surface area contributed by atoms with Gasteiger partial charge in [0.05, 0.1) is 0 Å². The first kappa shape index (κ1) is 16.0. The molecule has 2 amide bonds. The number of piperazine rings is 1. The maximum atomic E-state index is 12.5. The molecule has 1 N–H and O–H groups in total. The summed E-state index contributed by atoms with van der Waals surface area (Å²) in [7, 11) is 0. The van der Waals surface area contributed by atoms with Crippen LogP contribution < -0.4 is 5.32 Å². The quantitative estimate of drug-likeness (QED) is 0.803. The average Bonchev–Trinajstić information content (AvgIpc) is 2.29. The molecule has 4 nitrogen and oxygen atoms in total. The fraction of sp³-hybridized carbons (Fsp3) is 0.867. The fourth-order valence-electron chi connectivity index (χ4n) is 2.57. The van der Waals surface area contributed by atoms with E-state index in [0.29, 0.717) is 12.5 Å². The first-order valence-corrected chi connectivity index (χ1v) is 7.42. The molecule has 0 spiro atoms. The monoisotopic (exact) mass is 268 g/mol. The van der Waals surface area contributed by atoms with Crippen LogP contribution in [0.15, 0.2) is 0 Å². The van der Waals surface area contributed by atoms with Crippen molar-refractivity contribution in [2.75, 3.05) is 6.54 Å². The van der Waals surface area contributed by atoms with Gasteiger partial charge in [0.2, 0.25) is 11.8 Å². The fourth-order valence-corrected chi connectivity index (χ4v) is 2.57. The molecule has 19 heavy (non-hydrogen) atoms. The summed E-state index contributed by atoms with van der Waals surface area (Å²) in [5, 5.41) is 2.84. The van der Waals surface area contributed by atoms with Crippen molar-refractivity contribution >= 4 is 11.8 Å². The van der Waals surface area contributed by atoms with E-state index in [4.69, 9.17) is 0 Å². The standard InChI is InChI=1S/C15H28N2O2/c1-6-8-12-13(18)16-15(4,5)14(19)17(12)10-7-9-11(2)3/h11-12H,6-10H2,1-5H3,(H,16,18). The maximum Gasteiger partial charge on any atom is 0.248 e. The van der Waals surface area contributed by atoms with Gasteiger partial charge in [0.25, 0.3) is 0 Å². The van der Waals surface area contributed by atoms with Gasteiger partial charge >= 0.3 is 0 Å². The number of carbonyl (C=O) groups excluding carboxylic acids is 2. The van der Waals surface area contributed by atoms with Gasteiger partial charge < -0.3 is 10.2 Å². The van der Waals surface area contributed by atoms with Gasteiger partial charge in [-0.1, -0.05) is 27.2 Å². The summed E-state index contributed by atoms with van der Waals surface area (Å²) < 4.78 is 0. The van der Waals surface area contributed by atoms with E-state index in [1.165, 1.54) is 0 Å². The lowest BCUT2D eigenvalue weighted by molar-refractivity contribution is -0.153. The van der Waals surface area contributed by atoms with Gasteiger partial charge in [0, 0.05) is 6.54 Å². The zero-order chi connectivity index (χ0) is 14.6. The van der Waals surface area contributed by atoms with Crippen molar-refractivity contribution in [2.24, 2.45) is 5.92 Å². The van der Waals surface area contributed by atoms with E-state index < -0.39 is 5.54 Å². The zero-order valence-corrected chi connectivity index (χ0v) is 13.0. The highest BCUT2D eigenvalue weighted by Crippen LogP contribution is 2.21. The van der Waals surface area contributed by atoms with Crippen LogP contribution in [0.25, 0.3) is 0 Å². The predicted molar refractivity (Wildman–Crippen MR) is 76.7 cm³/mol. The molecule has 1 unspecified atom stereocenters. The summed E-state index contributed by atoms with van der Waals surface area (Å²) in [4.78, 5) is 26.4. The summed E-state index contributed by atoms with van der Waals surface area (Å²) in [6.45, 7) is 10.7. The highest BCUT2D eigenvalue weighted by atomic mass is 16.2. The third kappa shape index (κ3) is 3.95. The topological polar surface area (TPSA) is 49.4 Å². The summed E-state index contributed by atoms with van der Waals surface area (Å²) in [6, 6.07) is -0.280. The van der Waals surface area contributed by atoms with Gasteiger partial charge in [-0.3, -0.25) is 9.59 Å². The highest BCUT2D eigenvalue weighted by Gasteiger charge is 2.44. The molecule has 1 aliphatic rings. The molecule has 0 aromatic heterocycles. The second-order valence-corrected chi connectivity index (χ2v) is 6.45. The van der Waals surface area contributed by atoms with E-state index in [1.54, 1.807) is 18.7 Å². The Kier molecular flexibility index (Phi) is 5.39. The molecule has 110 valence electrons. The van der Waals surface area contributed by atoms with Gasteiger partial charge in [0.1, 0.15) is 11.6 Å². The Balaban J connectivity index is 2.78. The molecule has 0 aromatic carbocycles. The van der Waals surface area contributed by atoms with Crippen molar-refractivity contribution in [1.29, 1.82) is 0 Å². The third-order valence-corrected chi connectivity index (χ3v) is 3.65. The number of nitrogens with one attached hydrogen (secondary N) is 1. The van der Waals surface area contributed by atoms with Crippen molar-refractivity contribution < 1.29 is 9.59 Å². The Morgan fingerprint density at radius 1 is 1.32 bits per heavy atom. The molecule has 4 heteroatoms. The van der Waals surface area contributed by atoms with Crippen LogP contribution in [-0.4, -0.2) is 34.8 Å². The minimum atomic E-state index is -0.765. The van der Waals surface area contributed by atoms with E-state index in [9.17, 15) is 9.59 Å². The van der Waals surface area contributed by atoms with Gasteiger partial charge in [-0.25, -0.2) is 0 Å². The average molecular weight is 268 g/mol. The SMILES string of the molecule is CCCC1C(=O)NC(C)(C)C(=O)N1CCCC(C)C. The first-order valence-electron chi connectivity index (χ1n) is 7.42. The van der Waals surface area contributed by atoms with Crippen LogP contribution in [0.5, 0.6) is 0 Å². The van der Waals surface area contributed by atoms with E-state index >= 15 is 0 Å². The normalized spacial score (nSPS) is 22.8. The molecule has 1 saturated heterocycles. The number of carbonyl (C=O) groups is 2. The third-order valence-electron chi connectivity index (χ3n) is 3.65. The van der Waals surface area contributed by atoms with Crippen molar-refractivity contribution in [2.45, 2.75) is 71.9 Å². The smallest absolute Gasteiger partial charge is 0.248 e. The Labute approximate surface area is 116 Å².